The van der Waals surface area contributed by atoms with Crippen molar-refractivity contribution in [1.82, 2.24) is 31.1 Å². The van der Waals surface area contributed by atoms with E-state index in [9.17, 15) is 24.0 Å². The predicted octanol–water partition coefficient (Wildman–Crippen LogP) is 2.50. The molecule has 0 aliphatic carbocycles. The van der Waals surface area contributed by atoms with Crippen LogP contribution in [0.15, 0.2) is 60.7 Å². The highest BCUT2D eigenvalue weighted by atomic mass is 16.6. The van der Waals surface area contributed by atoms with Crippen molar-refractivity contribution >= 4 is 29.4 Å². The molecule has 0 aromatic heterocycles. The Labute approximate surface area is 315 Å². The molecule has 2 heterocycles. The number of nitrogens with one attached hydrogen (secondary N) is 4. The zero-order chi connectivity index (χ0) is 38.5. The van der Waals surface area contributed by atoms with Crippen molar-refractivity contribution in [1.29, 1.82) is 0 Å². The van der Waals surface area contributed by atoms with Gasteiger partial charge < -0.3 is 30.9 Å². The smallest absolute Gasteiger partial charge is 0.243 e. The van der Waals surface area contributed by atoms with Crippen molar-refractivity contribution in [2.45, 2.75) is 96.5 Å². The van der Waals surface area contributed by atoms with Gasteiger partial charge in [0.15, 0.2) is 5.78 Å². The molecule has 4 rings (SSSR count). The third-order valence-corrected chi connectivity index (χ3v) is 9.87. The van der Waals surface area contributed by atoms with E-state index >= 15 is 0 Å². The van der Waals surface area contributed by atoms with E-state index in [0.717, 1.165) is 37.3 Å². The molecule has 2 aliphatic heterocycles. The largest absolute Gasteiger partial charge is 0.361 e. The van der Waals surface area contributed by atoms with Crippen LogP contribution in [-0.2, 0) is 41.6 Å². The number of rotatable bonds is 20. The Morgan fingerprint density at radius 1 is 0.679 bits per heavy atom. The summed E-state index contributed by atoms with van der Waals surface area (Å²) < 4.78 is 5.41. The molecular formula is C41H60N6O6. The molecule has 2 fully saturated rings. The third-order valence-electron chi connectivity index (χ3n) is 9.87. The lowest BCUT2D eigenvalue weighted by atomic mass is 9.93. The lowest BCUT2D eigenvalue weighted by Crippen LogP contribution is -2.59. The number of epoxide rings is 1. The van der Waals surface area contributed by atoms with Gasteiger partial charge in [-0.05, 0) is 62.6 Å². The Morgan fingerprint density at radius 3 is 1.74 bits per heavy atom. The van der Waals surface area contributed by atoms with Crippen LogP contribution in [0.3, 0.4) is 0 Å². The molecule has 0 spiro atoms. The first-order valence-corrected chi connectivity index (χ1v) is 19.1. The number of hydrogen-bond donors (Lipinski definition) is 4. The topological polar surface area (TPSA) is 152 Å². The van der Waals surface area contributed by atoms with Crippen LogP contribution in [0.25, 0.3) is 0 Å². The summed E-state index contributed by atoms with van der Waals surface area (Å²) in [5.74, 6) is -1.76. The Bertz CT molecular complexity index is 1510. The van der Waals surface area contributed by atoms with Gasteiger partial charge in [0.1, 0.15) is 23.7 Å². The minimum Gasteiger partial charge on any atom is -0.361 e. The molecule has 5 atom stereocenters. The van der Waals surface area contributed by atoms with Gasteiger partial charge in [0.25, 0.3) is 0 Å². The molecule has 0 bridgehead atoms. The van der Waals surface area contributed by atoms with E-state index in [2.05, 4.69) is 38.1 Å². The van der Waals surface area contributed by atoms with Gasteiger partial charge in [-0.25, -0.2) is 0 Å². The lowest BCUT2D eigenvalue weighted by molar-refractivity contribution is -0.135. The number of aryl methyl sites for hydroxylation is 1. The molecule has 2 aliphatic rings. The molecule has 4 N–H and O–H groups in total. The molecule has 12 heteroatoms. The van der Waals surface area contributed by atoms with Gasteiger partial charge in [-0.1, -0.05) is 88.4 Å². The summed E-state index contributed by atoms with van der Waals surface area (Å²) in [7, 11) is 2.05. The second-order valence-electron chi connectivity index (χ2n) is 15.7. The lowest BCUT2D eigenvalue weighted by Gasteiger charge is -2.32. The van der Waals surface area contributed by atoms with Gasteiger partial charge in [0.05, 0.1) is 19.2 Å². The number of carbonyl (C=O) groups is 5. The standard InChI is InChI=1S/C41H60N6O6/c1-28(2)23-33(37(49)41(5)27-53-41)43-40(52)35(25-31-15-11-8-12-16-31)45-39(51)34(24-29(3)4)44-38(50)32(18-17-30-13-9-7-10-14-30)42-36(48)26-47-21-19-46(6)20-22-47/h7-16,28-29,32-35H,17-27H2,1-6H3,(H,42,48)(H,43,52)(H,44,50)(H,45,51)/t32-,33?,34?,35?,41?/m0/s1. The third kappa shape index (κ3) is 13.7. The van der Waals surface area contributed by atoms with Crippen molar-refractivity contribution in [2.24, 2.45) is 11.8 Å². The van der Waals surface area contributed by atoms with Gasteiger partial charge in [0.2, 0.25) is 23.6 Å². The maximum absolute atomic E-state index is 14.1. The zero-order valence-electron chi connectivity index (χ0n) is 32.4. The van der Waals surface area contributed by atoms with Gasteiger partial charge in [-0.3, -0.25) is 28.9 Å². The van der Waals surface area contributed by atoms with Crippen molar-refractivity contribution < 1.29 is 28.7 Å². The number of ether oxygens (including phenoxy) is 1. The van der Waals surface area contributed by atoms with Crippen molar-refractivity contribution in [3.63, 3.8) is 0 Å². The first-order valence-electron chi connectivity index (χ1n) is 19.1. The number of likely N-dealkylation sites (N-methyl/N-ethyl adjacent to an activating group) is 1. The molecule has 2 aromatic carbocycles. The van der Waals surface area contributed by atoms with E-state index in [4.69, 9.17) is 4.74 Å². The normalized spacial score (nSPS) is 19.8. The fraction of sp³-hybridized carbons (Fsp3) is 0.585. The molecule has 53 heavy (non-hydrogen) atoms. The van der Waals surface area contributed by atoms with Gasteiger partial charge in [-0.15, -0.1) is 0 Å². The molecular weight excluding hydrogens is 672 g/mol. The van der Waals surface area contributed by atoms with Crippen LogP contribution in [0.4, 0.5) is 0 Å². The maximum atomic E-state index is 14.1. The average molecular weight is 733 g/mol. The van der Waals surface area contributed by atoms with E-state index in [1.807, 2.05) is 88.4 Å². The van der Waals surface area contributed by atoms with Crippen LogP contribution in [0, 0.1) is 11.8 Å². The number of nitrogens with zero attached hydrogens (tertiary/aromatic N) is 2. The van der Waals surface area contributed by atoms with E-state index in [-0.39, 0.29) is 36.5 Å². The number of amides is 4. The fourth-order valence-electron chi connectivity index (χ4n) is 6.57. The summed E-state index contributed by atoms with van der Waals surface area (Å²) in [6.07, 6.45) is 1.80. The summed E-state index contributed by atoms with van der Waals surface area (Å²) in [5, 5.41) is 11.7. The van der Waals surface area contributed by atoms with E-state index in [1.165, 1.54) is 0 Å². The van der Waals surface area contributed by atoms with E-state index in [1.54, 1.807) is 6.92 Å². The molecule has 290 valence electrons. The predicted molar refractivity (Wildman–Crippen MR) is 205 cm³/mol. The highest BCUT2D eigenvalue weighted by Crippen LogP contribution is 2.29. The molecule has 2 aromatic rings. The molecule has 2 saturated heterocycles. The minimum atomic E-state index is -1.02. The van der Waals surface area contributed by atoms with Crippen molar-refractivity contribution in [3.8, 4) is 0 Å². The SMILES string of the molecule is CC(C)CC(NC(=O)[C@H](CCc1ccccc1)NC(=O)CN1CCN(C)CC1)C(=O)NC(Cc1ccccc1)C(=O)NC(CC(C)C)C(=O)C1(C)CO1. The molecule has 0 saturated carbocycles. The first-order chi connectivity index (χ1) is 25.2. The van der Waals surface area contributed by atoms with Crippen LogP contribution in [-0.4, -0.2) is 115 Å². The Kier molecular flexibility index (Phi) is 15.6. The van der Waals surface area contributed by atoms with Crippen LogP contribution >= 0.6 is 0 Å². The Morgan fingerprint density at radius 2 is 1.17 bits per heavy atom. The van der Waals surface area contributed by atoms with Crippen molar-refractivity contribution in [2.75, 3.05) is 46.4 Å². The van der Waals surface area contributed by atoms with E-state index < -0.39 is 47.5 Å². The van der Waals surface area contributed by atoms with Crippen molar-refractivity contribution in [3.05, 3.63) is 71.8 Å². The number of hydrogen-bond acceptors (Lipinski definition) is 8. The minimum absolute atomic E-state index is 0.0226. The van der Waals surface area contributed by atoms with Crippen LogP contribution in [0.1, 0.15) is 65.0 Å². The first kappa shape index (κ1) is 41.6. The Hall–Kier alpha value is -4.13. The highest BCUT2D eigenvalue weighted by Gasteiger charge is 2.50. The number of Topliss-reactive ketones (excluding diaryl/α,β-unsaturated/α-hetero) is 1. The molecule has 12 nitrogen and oxygen atoms in total. The quantitative estimate of drug-likeness (QED) is 0.152. The summed E-state index contributed by atoms with van der Waals surface area (Å²) in [6.45, 7) is 13.3. The van der Waals surface area contributed by atoms with Crippen LogP contribution in [0.5, 0.6) is 0 Å². The van der Waals surface area contributed by atoms with Gasteiger partial charge in [-0.2, -0.15) is 0 Å². The zero-order valence-corrected chi connectivity index (χ0v) is 32.4. The number of piperazine rings is 1. The molecule has 4 amide bonds. The van der Waals surface area contributed by atoms with E-state index in [0.29, 0.717) is 32.3 Å². The van der Waals surface area contributed by atoms with Gasteiger partial charge in [0, 0.05) is 32.6 Å². The Balaban J connectivity index is 1.51. The van der Waals surface area contributed by atoms with Crippen LogP contribution < -0.4 is 21.3 Å². The highest BCUT2D eigenvalue weighted by molar-refractivity contribution is 5.98. The molecule has 0 radical (unpaired) electrons. The maximum Gasteiger partial charge on any atom is 0.243 e. The second-order valence-corrected chi connectivity index (χ2v) is 15.7. The summed E-state index contributed by atoms with van der Waals surface area (Å²) in [5.41, 5.74) is 0.932. The monoisotopic (exact) mass is 732 g/mol. The molecule has 4 unspecified atom stereocenters. The summed E-state index contributed by atoms with van der Waals surface area (Å²) in [4.78, 5) is 73.0. The summed E-state index contributed by atoms with van der Waals surface area (Å²) >= 11 is 0. The number of carbonyl (C=O) groups excluding carboxylic acids is 5. The van der Waals surface area contributed by atoms with Crippen LogP contribution in [0.2, 0.25) is 0 Å². The number of ketones is 1. The average Bonchev–Trinajstić information content (AvgIpc) is 3.88. The fourth-order valence-corrected chi connectivity index (χ4v) is 6.57. The second kappa shape index (κ2) is 19.8. The van der Waals surface area contributed by atoms with Gasteiger partial charge >= 0.3 is 0 Å². The number of benzene rings is 2. The summed E-state index contributed by atoms with van der Waals surface area (Å²) in [6, 6.07) is 15.4.